The van der Waals surface area contributed by atoms with Crippen LogP contribution in [0.15, 0.2) is 53.7 Å². The molecule has 1 amide bonds. The number of amides is 1. The number of nitrogens with one attached hydrogen (secondary N) is 1. The van der Waals surface area contributed by atoms with E-state index < -0.39 is 11.9 Å². The normalized spacial score (nSPS) is 10.5. The molecule has 0 atom stereocenters. The summed E-state index contributed by atoms with van der Waals surface area (Å²) in [5, 5.41) is 11.7. The smallest absolute Gasteiger partial charge is 0.337 e. The van der Waals surface area contributed by atoms with Crippen LogP contribution in [-0.4, -0.2) is 52.6 Å². The number of carbonyl (C=O) groups is 3. The number of carbonyl (C=O) groups excluding carboxylic acids is 3. The van der Waals surface area contributed by atoms with Crippen LogP contribution in [0.5, 0.6) is 0 Å². The third-order valence-corrected chi connectivity index (χ3v) is 5.82. The summed E-state index contributed by atoms with van der Waals surface area (Å²) in [4.78, 5) is 36.3. The second-order valence-corrected chi connectivity index (χ2v) is 8.00. The lowest BCUT2D eigenvalue weighted by Gasteiger charge is -2.09. The predicted molar refractivity (Wildman–Crippen MR) is 123 cm³/mol. The van der Waals surface area contributed by atoms with Gasteiger partial charge in [0.1, 0.15) is 5.82 Å². The molecule has 0 aliphatic carbocycles. The summed E-state index contributed by atoms with van der Waals surface area (Å²) in [6, 6.07) is 14.3. The molecule has 0 saturated heterocycles. The van der Waals surface area contributed by atoms with Gasteiger partial charge < -0.3 is 19.4 Å². The Hall–Kier alpha value is -3.66. The van der Waals surface area contributed by atoms with Crippen molar-refractivity contribution in [3.05, 3.63) is 71.0 Å². The van der Waals surface area contributed by atoms with Gasteiger partial charge in [-0.3, -0.25) is 4.79 Å². The molecule has 0 fully saturated rings. The Labute approximate surface area is 195 Å². The molecule has 0 spiro atoms. The second kappa shape index (κ2) is 11.3. The van der Waals surface area contributed by atoms with Gasteiger partial charge in [0, 0.05) is 19.2 Å². The summed E-state index contributed by atoms with van der Waals surface area (Å²) in [5.41, 5.74) is 1.75. The lowest BCUT2D eigenvalue weighted by molar-refractivity contribution is -0.113. The molecule has 0 saturated carbocycles. The van der Waals surface area contributed by atoms with Gasteiger partial charge in [0.15, 0.2) is 5.16 Å². The van der Waals surface area contributed by atoms with Crippen LogP contribution in [0.25, 0.3) is 0 Å². The van der Waals surface area contributed by atoms with Crippen LogP contribution in [-0.2, 0) is 34.2 Å². The van der Waals surface area contributed by atoms with Crippen molar-refractivity contribution in [1.82, 2.24) is 14.8 Å². The Kier molecular flexibility index (Phi) is 8.20. The third kappa shape index (κ3) is 6.42. The number of thioether (sulfide) groups is 1. The number of benzene rings is 2. The van der Waals surface area contributed by atoms with E-state index in [1.54, 1.807) is 0 Å². The van der Waals surface area contributed by atoms with Crippen molar-refractivity contribution in [2.45, 2.75) is 18.0 Å². The number of aryl methyl sites for hydroxylation is 2. The lowest BCUT2D eigenvalue weighted by Crippen LogP contribution is -2.16. The molecule has 0 aliphatic rings. The van der Waals surface area contributed by atoms with Gasteiger partial charge in [-0.25, -0.2) is 9.59 Å². The van der Waals surface area contributed by atoms with Crippen LogP contribution in [0.1, 0.15) is 32.1 Å². The Morgan fingerprint density at radius 2 is 1.58 bits per heavy atom. The molecule has 2 aromatic carbocycles. The maximum atomic E-state index is 12.5. The van der Waals surface area contributed by atoms with Crippen molar-refractivity contribution in [2.24, 2.45) is 7.05 Å². The zero-order valence-corrected chi connectivity index (χ0v) is 19.3. The minimum Gasteiger partial charge on any atom is -0.465 e. The van der Waals surface area contributed by atoms with Gasteiger partial charge in [-0.2, -0.15) is 0 Å². The van der Waals surface area contributed by atoms with E-state index in [0.717, 1.165) is 18.7 Å². The number of methoxy groups -OCH3 is 2. The number of esters is 2. The lowest BCUT2D eigenvalue weighted by atomic mass is 10.1. The molecule has 1 N–H and O–H groups in total. The Bertz CT molecular complexity index is 1110. The topological polar surface area (TPSA) is 112 Å². The average molecular weight is 469 g/mol. The van der Waals surface area contributed by atoms with Crippen molar-refractivity contribution in [3.63, 3.8) is 0 Å². The molecule has 33 heavy (non-hydrogen) atoms. The first-order valence-electron chi connectivity index (χ1n) is 10.1. The summed E-state index contributed by atoms with van der Waals surface area (Å²) in [6.45, 7) is 0. The van der Waals surface area contributed by atoms with Crippen molar-refractivity contribution < 1.29 is 23.9 Å². The number of aromatic nitrogens is 3. The van der Waals surface area contributed by atoms with E-state index in [-0.39, 0.29) is 28.5 Å². The summed E-state index contributed by atoms with van der Waals surface area (Å²) < 4.78 is 11.3. The van der Waals surface area contributed by atoms with E-state index in [4.69, 9.17) is 9.47 Å². The van der Waals surface area contributed by atoms with Crippen LogP contribution in [0.2, 0.25) is 0 Å². The highest BCUT2D eigenvalue weighted by Crippen LogP contribution is 2.20. The fraction of sp³-hybridized carbons (Fsp3) is 0.261. The van der Waals surface area contributed by atoms with Crippen molar-refractivity contribution in [1.29, 1.82) is 0 Å². The molecule has 0 aliphatic heterocycles. The standard InChI is InChI=1S/C23H24N4O5S/c1-27-19(10-9-15-7-5-4-6-8-15)25-26-23(27)33-14-20(28)24-18-12-16(21(29)31-2)11-17(13-18)22(30)32-3/h4-8,11-13H,9-10,14H2,1-3H3,(H,24,28). The highest BCUT2D eigenvalue weighted by atomic mass is 32.2. The molecule has 9 nitrogen and oxygen atoms in total. The molecule has 0 unspecified atom stereocenters. The van der Waals surface area contributed by atoms with E-state index >= 15 is 0 Å². The van der Waals surface area contributed by atoms with Crippen LogP contribution < -0.4 is 5.32 Å². The van der Waals surface area contributed by atoms with E-state index in [0.29, 0.717) is 5.16 Å². The average Bonchev–Trinajstić information content (AvgIpc) is 3.19. The maximum Gasteiger partial charge on any atom is 0.337 e. The molecule has 3 rings (SSSR count). The van der Waals surface area contributed by atoms with Crippen molar-refractivity contribution in [3.8, 4) is 0 Å². The van der Waals surface area contributed by atoms with Gasteiger partial charge >= 0.3 is 11.9 Å². The highest BCUT2D eigenvalue weighted by Gasteiger charge is 2.16. The number of hydrogen-bond acceptors (Lipinski definition) is 8. The summed E-state index contributed by atoms with van der Waals surface area (Å²) in [6.07, 6.45) is 1.58. The van der Waals surface area contributed by atoms with Gasteiger partial charge in [-0.1, -0.05) is 42.1 Å². The van der Waals surface area contributed by atoms with Crippen LogP contribution in [0.4, 0.5) is 5.69 Å². The largest absolute Gasteiger partial charge is 0.465 e. The van der Waals surface area contributed by atoms with Crippen LogP contribution in [0.3, 0.4) is 0 Å². The highest BCUT2D eigenvalue weighted by molar-refractivity contribution is 7.99. The Balaban J connectivity index is 1.62. The second-order valence-electron chi connectivity index (χ2n) is 7.06. The van der Waals surface area contributed by atoms with Gasteiger partial charge in [0.2, 0.25) is 5.91 Å². The third-order valence-electron chi connectivity index (χ3n) is 4.80. The van der Waals surface area contributed by atoms with E-state index in [2.05, 4.69) is 27.6 Å². The van der Waals surface area contributed by atoms with Gasteiger partial charge in [0.25, 0.3) is 0 Å². The monoisotopic (exact) mass is 468 g/mol. The Morgan fingerprint density at radius 3 is 2.18 bits per heavy atom. The first-order chi connectivity index (χ1) is 15.9. The van der Waals surface area contributed by atoms with Gasteiger partial charge in [0.05, 0.1) is 31.1 Å². The van der Waals surface area contributed by atoms with Gasteiger partial charge in [-0.15, -0.1) is 10.2 Å². The molecular formula is C23H24N4O5S. The van der Waals surface area contributed by atoms with E-state index in [1.807, 2.05) is 29.8 Å². The van der Waals surface area contributed by atoms with E-state index in [9.17, 15) is 14.4 Å². The number of hydrogen-bond donors (Lipinski definition) is 1. The predicted octanol–water partition coefficient (Wildman–Crippen LogP) is 2.90. The molecule has 10 heteroatoms. The number of anilines is 1. The summed E-state index contributed by atoms with van der Waals surface area (Å²) in [5.74, 6) is -0.692. The number of ether oxygens (including phenoxy) is 2. The zero-order chi connectivity index (χ0) is 23.8. The molecule has 0 radical (unpaired) electrons. The van der Waals surface area contributed by atoms with E-state index in [1.165, 1.54) is 49.7 Å². The minimum atomic E-state index is -0.632. The quantitative estimate of drug-likeness (QED) is 0.377. The summed E-state index contributed by atoms with van der Waals surface area (Å²) in [7, 11) is 4.33. The summed E-state index contributed by atoms with van der Waals surface area (Å²) >= 11 is 1.24. The number of rotatable bonds is 9. The molecule has 1 aromatic heterocycles. The first kappa shape index (κ1) is 24.0. The molecule has 3 aromatic rings. The van der Waals surface area contributed by atoms with Crippen molar-refractivity contribution >= 4 is 35.3 Å². The van der Waals surface area contributed by atoms with Crippen molar-refractivity contribution in [2.75, 3.05) is 25.3 Å². The zero-order valence-electron chi connectivity index (χ0n) is 18.5. The Morgan fingerprint density at radius 1 is 0.939 bits per heavy atom. The van der Waals surface area contributed by atoms with Gasteiger partial charge in [-0.05, 0) is 30.2 Å². The molecule has 1 heterocycles. The fourth-order valence-corrected chi connectivity index (χ4v) is 3.82. The van der Waals surface area contributed by atoms with Crippen LogP contribution >= 0.6 is 11.8 Å². The SMILES string of the molecule is COC(=O)c1cc(NC(=O)CSc2nnc(CCc3ccccc3)n2C)cc(C(=O)OC)c1. The molecular weight excluding hydrogens is 444 g/mol. The number of nitrogens with zero attached hydrogens (tertiary/aromatic N) is 3. The van der Waals surface area contributed by atoms with Crippen LogP contribution in [0, 0.1) is 0 Å². The molecule has 0 bridgehead atoms. The fourth-order valence-electron chi connectivity index (χ4n) is 3.09. The maximum absolute atomic E-state index is 12.5. The minimum absolute atomic E-state index is 0.0701. The molecule has 172 valence electrons. The first-order valence-corrected chi connectivity index (χ1v) is 11.1.